The van der Waals surface area contributed by atoms with Gasteiger partial charge in [0.05, 0.1) is 10.9 Å². The van der Waals surface area contributed by atoms with Crippen molar-refractivity contribution in [3.63, 3.8) is 0 Å². The van der Waals surface area contributed by atoms with Gasteiger partial charge in [-0.25, -0.2) is 4.98 Å². The van der Waals surface area contributed by atoms with Crippen molar-refractivity contribution < 1.29 is 9.59 Å². The molecule has 1 saturated heterocycles. The van der Waals surface area contributed by atoms with Crippen LogP contribution >= 0.6 is 0 Å². The van der Waals surface area contributed by atoms with Gasteiger partial charge in [0.15, 0.2) is 0 Å². The number of aromatic nitrogens is 2. The molecule has 7 nitrogen and oxygen atoms in total. The first-order chi connectivity index (χ1) is 14.6. The minimum atomic E-state index is -0.0399. The number of benzene rings is 1. The molecular formula is C23H30N4O3. The molecule has 1 aliphatic heterocycles. The van der Waals surface area contributed by atoms with E-state index in [1.165, 1.54) is 0 Å². The molecule has 2 aliphatic rings. The first-order valence-electron chi connectivity index (χ1n) is 11.2. The summed E-state index contributed by atoms with van der Waals surface area (Å²) in [6.45, 7) is 2.09. The second-order valence-corrected chi connectivity index (χ2v) is 8.35. The number of rotatable bonds is 8. The van der Waals surface area contributed by atoms with Gasteiger partial charge in [-0.05, 0) is 44.2 Å². The number of aryl methyl sites for hydroxylation is 1. The Balaban J connectivity index is 1.30. The van der Waals surface area contributed by atoms with Crippen molar-refractivity contribution in [3.8, 4) is 0 Å². The molecule has 0 atom stereocenters. The third-order valence-corrected chi connectivity index (χ3v) is 5.97. The zero-order chi connectivity index (χ0) is 20.9. The molecule has 0 bridgehead atoms. The number of carbonyl (C=O) groups is 2. The summed E-state index contributed by atoms with van der Waals surface area (Å²) in [7, 11) is 0. The molecule has 2 aromatic rings. The maximum Gasteiger partial charge on any atom is 0.261 e. The zero-order valence-electron chi connectivity index (χ0n) is 17.4. The highest BCUT2D eigenvalue weighted by Gasteiger charge is 2.28. The van der Waals surface area contributed by atoms with Crippen LogP contribution in [0.3, 0.4) is 0 Å². The van der Waals surface area contributed by atoms with Crippen LogP contribution in [0.2, 0.25) is 0 Å². The van der Waals surface area contributed by atoms with Crippen molar-refractivity contribution in [2.45, 2.75) is 63.8 Å². The summed E-state index contributed by atoms with van der Waals surface area (Å²) in [6.07, 6.45) is 7.33. The number of amides is 2. The molecule has 2 amide bonds. The summed E-state index contributed by atoms with van der Waals surface area (Å²) in [6, 6.07) is 7.62. The minimum Gasteiger partial charge on any atom is -0.356 e. The first kappa shape index (κ1) is 20.6. The normalized spacial score (nSPS) is 17.2. The summed E-state index contributed by atoms with van der Waals surface area (Å²) < 4.78 is 1.79. The molecule has 0 radical (unpaired) electrons. The van der Waals surface area contributed by atoms with E-state index >= 15 is 0 Å². The molecule has 1 aromatic carbocycles. The maximum atomic E-state index is 12.9. The van der Waals surface area contributed by atoms with E-state index in [0.29, 0.717) is 49.1 Å². The van der Waals surface area contributed by atoms with Gasteiger partial charge in [-0.1, -0.05) is 18.6 Å². The Hall–Kier alpha value is -2.70. The van der Waals surface area contributed by atoms with E-state index < -0.39 is 0 Å². The van der Waals surface area contributed by atoms with Gasteiger partial charge in [0.1, 0.15) is 5.82 Å². The number of carbonyl (C=O) groups excluding carboxylic acids is 2. The van der Waals surface area contributed by atoms with Gasteiger partial charge in [0.2, 0.25) is 11.8 Å². The van der Waals surface area contributed by atoms with Gasteiger partial charge in [0.25, 0.3) is 5.56 Å². The van der Waals surface area contributed by atoms with E-state index in [-0.39, 0.29) is 23.4 Å². The predicted molar refractivity (Wildman–Crippen MR) is 115 cm³/mol. The fraction of sp³-hybridized carbons (Fsp3) is 0.565. The maximum absolute atomic E-state index is 12.9. The quantitative estimate of drug-likeness (QED) is 0.678. The molecule has 1 aliphatic carbocycles. The van der Waals surface area contributed by atoms with E-state index in [1.54, 1.807) is 4.57 Å². The smallest absolute Gasteiger partial charge is 0.261 e. The summed E-state index contributed by atoms with van der Waals surface area (Å²) in [4.78, 5) is 43.8. The lowest BCUT2D eigenvalue weighted by Crippen LogP contribution is -2.34. The molecule has 1 saturated carbocycles. The monoisotopic (exact) mass is 410 g/mol. The number of likely N-dealkylation sites (tertiary alicyclic amines) is 1. The highest BCUT2D eigenvalue weighted by Crippen LogP contribution is 2.34. The number of para-hydroxylation sites is 1. The van der Waals surface area contributed by atoms with Gasteiger partial charge < -0.3 is 10.2 Å². The Labute approximate surface area is 176 Å². The van der Waals surface area contributed by atoms with Crippen molar-refractivity contribution in [2.24, 2.45) is 0 Å². The number of nitrogens with one attached hydrogen (secondary N) is 1. The summed E-state index contributed by atoms with van der Waals surface area (Å²) in [5.74, 6) is 0.896. The van der Waals surface area contributed by atoms with Crippen LogP contribution in [0.4, 0.5) is 0 Å². The van der Waals surface area contributed by atoms with Crippen LogP contribution in [-0.2, 0) is 16.0 Å². The van der Waals surface area contributed by atoms with Gasteiger partial charge in [-0.15, -0.1) is 0 Å². The van der Waals surface area contributed by atoms with Crippen molar-refractivity contribution in [3.05, 3.63) is 40.4 Å². The van der Waals surface area contributed by atoms with Gasteiger partial charge in [0, 0.05) is 44.9 Å². The molecule has 1 aromatic heterocycles. The molecule has 4 rings (SSSR count). The lowest BCUT2D eigenvalue weighted by atomic mass is 10.2. The van der Waals surface area contributed by atoms with Crippen LogP contribution < -0.4 is 10.9 Å². The van der Waals surface area contributed by atoms with Crippen molar-refractivity contribution in [1.29, 1.82) is 0 Å². The Morgan fingerprint density at radius 2 is 1.97 bits per heavy atom. The Morgan fingerprint density at radius 1 is 1.13 bits per heavy atom. The van der Waals surface area contributed by atoms with E-state index in [1.807, 2.05) is 29.2 Å². The predicted octanol–water partition coefficient (Wildman–Crippen LogP) is 2.57. The highest BCUT2D eigenvalue weighted by atomic mass is 16.2. The largest absolute Gasteiger partial charge is 0.356 e. The zero-order valence-corrected chi connectivity index (χ0v) is 17.4. The highest BCUT2D eigenvalue weighted by molar-refractivity contribution is 5.78. The Bertz CT molecular complexity index is 980. The lowest BCUT2D eigenvalue weighted by molar-refractivity contribution is -0.130. The molecule has 30 heavy (non-hydrogen) atoms. The van der Waals surface area contributed by atoms with Crippen LogP contribution in [-0.4, -0.2) is 45.9 Å². The first-order valence-corrected chi connectivity index (χ1v) is 11.2. The fourth-order valence-electron chi connectivity index (χ4n) is 4.16. The topological polar surface area (TPSA) is 84.3 Å². The fourth-order valence-corrected chi connectivity index (χ4v) is 4.16. The molecule has 0 unspecified atom stereocenters. The average Bonchev–Trinajstić information content (AvgIpc) is 3.59. The number of hydrogen-bond acceptors (Lipinski definition) is 4. The van der Waals surface area contributed by atoms with Crippen LogP contribution in [0.1, 0.15) is 63.2 Å². The van der Waals surface area contributed by atoms with E-state index in [4.69, 9.17) is 0 Å². The number of nitrogens with zero attached hydrogens (tertiary/aromatic N) is 3. The Morgan fingerprint density at radius 3 is 2.80 bits per heavy atom. The molecular weight excluding hydrogens is 380 g/mol. The standard InChI is InChI=1S/C23H30N4O3/c28-21(24-14-6-16-26-15-5-1-2-9-22(26)29)13-12-20-25-19-8-4-3-7-18(19)23(30)27(20)17-10-11-17/h3-4,7-8,17H,1-2,5-6,9-16H2,(H,24,28). The lowest BCUT2D eigenvalue weighted by Gasteiger charge is -2.20. The summed E-state index contributed by atoms with van der Waals surface area (Å²) >= 11 is 0. The second kappa shape index (κ2) is 9.41. The van der Waals surface area contributed by atoms with E-state index in [0.717, 1.165) is 45.1 Å². The third kappa shape index (κ3) is 4.89. The van der Waals surface area contributed by atoms with Crippen LogP contribution in [0, 0.1) is 0 Å². The molecule has 1 N–H and O–H groups in total. The van der Waals surface area contributed by atoms with Gasteiger partial charge >= 0.3 is 0 Å². The second-order valence-electron chi connectivity index (χ2n) is 8.35. The molecule has 7 heteroatoms. The summed E-state index contributed by atoms with van der Waals surface area (Å²) in [5, 5.41) is 3.59. The molecule has 2 heterocycles. The SMILES string of the molecule is O=C(CCc1nc2ccccc2c(=O)n1C1CC1)NCCCN1CCCCCC1=O. The Kier molecular flexibility index (Phi) is 6.45. The average molecular weight is 411 g/mol. The van der Waals surface area contributed by atoms with Crippen molar-refractivity contribution >= 4 is 22.7 Å². The van der Waals surface area contributed by atoms with Crippen molar-refractivity contribution in [2.75, 3.05) is 19.6 Å². The van der Waals surface area contributed by atoms with Crippen LogP contribution in [0.25, 0.3) is 10.9 Å². The molecule has 2 fully saturated rings. The summed E-state index contributed by atoms with van der Waals surface area (Å²) in [5.41, 5.74) is 0.692. The van der Waals surface area contributed by atoms with Crippen molar-refractivity contribution in [1.82, 2.24) is 19.8 Å². The molecule has 0 spiro atoms. The van der Waals surface area contributed by atoms with Gasteiger partial charge in [-0.2, -0.15) is 0 Å². The van der Waals surface area contributed by atoms with E-state index in [9.17, 15) is 14.4 Å². The minimum absolute atomic E-state index is 0.000579. The van der Waals surface area contributed by atoms with E-state index in [2.05, 4.69) is 10.3 Å². The van der Waals surface area contributed by atoms with Crippen LogP contribution in [0.15, 0.2) is 29.1 Å². The number of hydrogen-bond donors (Lipinski definition) is 1. The van der Waals surface area contributed by atoms with Gasteiger partial charge in [-0.3, -0.25) is 19.0 Å². The third-order valence-electron chi connectivity index (χ3n) is 5.97. The number of fused-ring (bicyclic) bond motifs is 1. The van der Waals surface area contributed by atoms with Crippen LogP contribution in [0.5, 0.6) is 0 Å². The molecule has 160 valence electrons.